The summed E-state index contributed by atoms with van der Waals surface area (Å²) < 4.78 is 46.8. The molecule has 0 fully saturated rings. The normalized spacial score (nSPS) is 12.3. The maximum absolute atomic E-state index is 14.3. The molecule has 6 heteroatoms. The van der Waals surface area contributed by atoms with Crippen molar-refractivity contribution in [3.05, 3.63) is 64.5 Å². The molecular weight excluding hydrogens is 281 g/mol. The van der Waals surface area contributed by atoms with E-state index in [0.717, 1.165) is 12.1 Å². The van der Waals surface area contributed by atoms with E-state index >= 15 is 0 Å². The van der Waals surface area contributed by atoms with Gasteiger partial charge in [-0.05, 0) is 36.8 Å². The molecule has 0 bridgehead atoms. The Bertz CT molecular complexity index is 662. The highest BCUT2D eigenvalue weighted by Crippen LogP contribution is 2.33. The minimum atomic E-state index is -1.07. The van der Waals surface area contributed by atoms with Crippen LogP contribution < -0.4 is 16.0 Å². The number of methoxy groups -OCH3 is 1. The lowest BCUT2D eigenvalue weighted by Gasteiger charge is -2.21. The largest absolute Gasteiger partial charge is 0.496 e. The Morgan fingerprint density at radius 2 is 1.86 bits per heavy atom. The average molecular weight is 296 g/mol. The number of aryl methyl sites for hydroxylation is 1. The first-order valence-electron chi connectivity index (χ1n) is 6.23. The molecule has 0 saturated carbocycles. The molecule has 0 aromatic heterocycles. The van der Waals surface area contributed by atoms with Crippen LogP contribution in [0.25, 0.3) is 0 Å². The average Bonchev–Trinajstić information content (AvgIpc) is 2.47. The molecular formula is C15H15F3N2O. The number of ether oxygens (including phenoxy) is 1. The molecule has 0 aliphatic rings. The number of hydrogen-bond donors (Lipinski definition) is 2. The van der Waals surface area contributed by atoms with Crippen LogP contribution >= 0.6 is 0 Å². The fourth-order valence-corrected chi connectivity index (χ4v) is 2.20. The van der Waals surface area contributed by atoms with Crippen molar-refractivity contribution in [2.45, 2.75) is 13.0 Å². The van der Waals surface area contributed by atoms with Crippen molar-refractivity contribution in [1.82, 2.24) is 5.43 Å². The Morgan fingerprint density at radius 3 is 2.48 bits per heavy atom. The summed E-state index contributed by atoms with van der Waals surface area (Å²) in [5.74, 6) is 3.66. The van der Waals surface area contributed by atoms with Crippen LogP contribution in [0.5, 0.6) is 5.75 Å². The fourth-order valence-electron chi connectivity index (χ4n) is 2.20. The Balaban J connectivity index is 2.66. The molecule has 1 atom stereocenters. The van der Waals surface area contributed by atoms with Crippen molar-refractivity contribution in [1.29, 1.82) is 0 Å². The monoisotopic (exact) mass is 296 g/mol. The van der Waals surface area contributed by atoms with Crippen molar-refractivity contribution in [2.24, 2.45) is 5.84 Å². The minimum Gasteiger partial charge on any atom is -0.496 e. The number of rotatable bonds is 4. The van der Waals surface area contributed by atoms with Crippen molar-refractivity contribution in [2.75, 3.05) is 7.11 Å². The molecule has 2 aromatic carbocycles. The molecule has 0 heterocycles. The molecule has 0 radical (unpaired) electrons. The van der Waals surface area contributed by atoms with E-state index in [1.54, 1.807) is 0 Å². The summed E-state index contributed by atoms with van der Waals surface area (Å²) in [4.78, 5) is 0. The van der Waals surface area contributed by atoms with Crippen LogP contribution in [0.3, 0.4) is 0 Å². The molecule has 0 aliphatic carbocycles. The van der Waals surface area contributed by atoms with Gasteiger partial charge in [0.2, 0.25) is 0 Å². The van der Waals surface area contributed by atoms with E-state index < -0.39 is 23.5 Å². The maximum atomic E-state index is 14.3. The Morgan fingerprint density at radius 1 is 1.14 bits per heavy atom. The summed E-state index contributed by atoms with van der Waals surface area (Å²) in [6.45, 7) is 1.51. The Hall–Kier alpha value is -2.05. The van der Waals surface area contributed by atoms with Gasteiger partial charge in [0.05, 0.1) is 13.2 Å². The third-order valence-corrected chi connectivity index (χ3v) is 3.28. The molecule has 3 N–H and O–H groups in total. The lowest BCUT2D eigenvalue weighted by Crippen LogP contribution is -2.31. The predicted octanol–water partition coefficient (Wildman–Crippen LogP) is 2.97. The third kappa shape index (κ3) is 2.86. The topological polar surface area (TPSA) is 47.3 Å². The van der Waals surface area contributed by atoms with E-state index in [2.05, 4.69) is 5.43 Å². The first-order chi connectivity index (χ1) is 9.99. The Kier molecular flexibility index (Phi) is 4.50. The summed E-state index contributed by atoms with van der Waals surface area (Å²) in [7, 11) is 1.38. The van der Waals surface area contributed by atoms with E-state index in [1.807, 2.05) is 0 Å². The highest BCUT2D eigenvalue weighted by molar-refractivity contribution is 5.43. The number of hydrogen-bond acceptors (Lipinski definition) is 3. The number of nitrogens with one attached hydrogen (secondary N) is 1. The van der Waals surface area contributed by atoms with Crippen molar-refractivity contribution < 1.29 is 17.9 Å². The summed E-state index contributed by atoms with van der Waals surface area (Å²) in [5.41, 5.74) is 2.52. The van der Waals surface area contributed by atoms with Crippen LogP contribution in [-0.2, 0) is 0 Å². The highest BCUT2D eigenvalue weighted by Gasteiger charge is 2.25. The molecule has 1 unspecified atom stereocenters. The third-order valence-electron chi connectivity index (χ3n) is 3.28. The molecule has 0 amide bonds. The SMILES string of the molecule is COc1ccc(F)cc1C(NN)c1c(F)ccc(C)c1F. The molecule has 0 aliphatic heterocycles. The van der Waals surface area contributed by atoms with Crippen LogP contribution in [-0.4, -0.2) is 7.11 Å². The van der Waals surface area contributed by atoms with E-state index in [0.29, 0.717) is 0 Å². The standard InChI is InChI=1S/C15H15F3N2O/c1-8-3-5-11(17)13(14(8)18)15(20-19)10-7-9(16)4-6-12(10)21-2/h3-7,15,20H,19H2,1-2H3. The van der Waals surface area contributed by atoms with E-state index in [1.165, 1.54) is 32.2 Å². The van der Waals surface area contributed by atoms with Crippen molar-refractivity contribution in [3.63, 3.8) is 0 Å². The van der Waals surface area contributed by atoms with Gasteiger partial charge in [-0.2, -0.15) is 0 Å². The first kappa shape index (κ1) is 15.3. The summed E-state index contributed by atoms with van der Waals surface area (Å²) >= 11 is 0. The van der Waals surface area contributed by atoms with Gasteiger partial charge in [0, 0.05) is 11.1 Å². The minimum absolute atomic E-state index is 0.211. The van der Waals surface area contributed by atoms with Gasteiger partial charge in [0.25, 0.3) is 0 Å². The van der Waals surface area contributed by atoms with Crippen LogP contribution in [0, 0.1) is 24.4 Å². The maximum Gasteiger partial charge on any atom is 0.134 e. The highest BCUT2D eigenvalue weighted by atomic mass is 19.1. The van der Waals surface area contributed by atoms with Crippen LogP contribution in [0.15, 0.2) is 30.3 Å². The zero-order valence-corrected chi connectivity index (χ0v) is 11.6. The summed E-state index contributed by atoms with van der Waals surface area (Å²) in [5, 5.41) is 0. The van der Waals surface area contributed by atoms with Crippen molar-refractivity contribution in [3.8, 4) is 5.75 Å². The van der Waals surface area contributed by atoms with Crippen LogP contribution in [0.1, 0.15) is 22.7 Å². The molecule has 0 saturated heterocycles. The van der Waals surface area contributed by atoms with Gasteiger partial charge in [-0.1, -0.05) is 6.07 Å². The molecule has 3 nitrogen and oxygen atoms in total. The lowest BCUT2D eigenvalue weighted by atomic mass is 9.95. The van der Waals surface area contributed by atoms with Crippen molar-refractivity contribution >= 4 is 0 Å². The molecule has 2 rings (SSSR count). The number of halogens is 3. The first-order valence-corrected chi connectivity index (χ1v) is 6.23. The smallest absolute Gasteiger partial charge is 0.134 e. The van der Waals surface area contributed by atoms with Gasteiger partial charge in [-0.3, -0.25) is 5.84 Å². The van der Waals surface area contributed by atoms with E-state index in [9.17, 15) is 13.2 Å². The van der Waals surface area contributed by atoms with Gasteiger partial charge < -0.3 is 4.74 Å². The van der Waals surface area contributed by atoms with Gasteiger partial charge >= 0.3 is 0 Å². The molecule has 0 spiro atoms. The summed E-state index contributed by atoms with van der Waals surface area (Å²) in [6, 6.07) is 5.09. The second kappa shape index (κ2) is 6.15. The Labute approximate surface area is 120 Å². The van der Waals surface area contributed by atoms with E-state index in [4.69, 9.17) is 10.6 Å². The van der Waals surface area contributed by atoms with Crippen LogP contribution in [0.4, 0.5) is 13.2 Å². The lowest BCUT2D eigenvalue weighted by molar-refractivity contribution is 0.400. The number of benzene rings is 2. The zero-order chi connectivity index (χ0) is 15.6. The second-order valence-electron chi connectivity index (χ2n) is 4.58. The second-order valence-corrected chi connectivity index (χ2v) is 4.58. The zero-order valence-electron chi connectivity index (χ0n) is 11.6. The summed E-state index contributed by atoms with van der Waals surface area (Å²) in [6.07, 6.45) is 0. The fraction of sp³-hybridized carbons (Fsp3) is 0.200. The predicted molar refractivity (Wildman–Crippen MR) is 73.2 cm³/mol. The number of hydrazine groups is 1. The molecule has 112 valence electrons. The van der Waals surface area contributed by atoms with Gasteiger partial charge in [-0.25, -0.2) is 18.6 Å². The quantitative estimate of drug-likeness (QED) is 0.673. The van der Waals surface area contributed by atoms with Crippen LogP contribution in [0.2, 0.25) is 0 Å². The number of nitrogens with two attached hydrogens (primary N) is 1. The molecule has 21 heavy (non-hydrogen) atoms. The van der Waals surface area contributed by atoms with Gasteiger partial charge in [0.1, 0.15) is 23.2 Å². The molecule has 2 aromatic rings. The van der Waals surface area contributed by atoms with Gasteiger partial charge in [-0.15, -0.1) is 0 Å². The van der Waals surface area contributed by atoms with E-state index in [-0.39, 0.29) is 22.4 Å². The van der Waals surface area contributed by atoms with Gasteiger partial charge in [0.15, 0.2) is 0 Å².